The molecule has 5 nitrogen and oxygen atoms in total. The van der Waals surface area contributed by atoms with Gasteiger partial charge in [-0.3, -0.25) is 9.36 Å². The summed E-state index contributed by atoms with van der Waals surface area (Å²) < 4.78 is 3.22. The van der Waals surface area contributed by atoms with Crippen molar-refractivity contribution in [3.05, 3.63) is 84.8 Å². The van der Waals surface area contributed by atoms with Gasteiger partial charge in [-0.1, -0.05) is 72.4 Å². The quantitative estimate of drug-likeness (QED) is 0.233. The Morgan fingerprint density at radius 3 is 2.69 bits per heavy atom. The third-order valence-electron chi connectivity index (χ3n) is 5.15. The highest BCUT2D eigenvalue weighted by Gasteiger charge is 2.18. The van der Waals surface area contributed by atoms with Crippen molar-refractivity contribution >= 4 is 55.6 Å². The molecule has 32 heavy (non-hydrogen) atoms. The van der Waals surface area contributed by atoms with Crippen molar-refractivity contribution in [2.24, 2.45) is 0 Å². The first kappa shape index (κ1) is 20.5. The molecule has 0 unspecified atom stereocenters. The maximum absolute atomic E-state index is 12.7. The molecule has 0 fully saturated rings. The zero-order valence-corrected chi connectivity index (χ0v) is 18.8. The summed E-state index contributed by atoms with van der Waals surface area (Å²) in [4.78, 5) is 12.7. The Bertz CT molecular complexity index is 1430. The number of thioether (sulfide) groups is 1. The van der Waals surface area contributed by atoms with E-state index in [1.807, 2.05) is 65.2 Å². The van der Waals surface area contributed by atoms with Crippen LogP contribution in [0, 0.1) is 0 Å². The molecule has 5 rings (SSSR count). The predicted molar refractivity (Wildman–Crippen MR) is 134 cm³/mol. The Morgan fingerprint density at radius 2 is 1.81 bits per heavy atom. The van der Waals surface area contributed by atoms with Gasteiger partial charge in [-0.05, 0) is 17.5 Å². The second kappa shape index (κ2) is 8.98. The van der Waals surface area contributed by atoms with E-state index in [9.17, 15) is 4.79 Å². The molecule has 0 saturated carbocycles. The van der Waals surface area contributed by atoms with Crippen LogP contribution in [0.15, 0.2) is 89.9 Å². The van der Waals surface area contributed by atoms with Gasteiger partial charge in [-0.25, -0.2) is 0 Å². The summed E-state index contributed by atoms with van der Waals surface area (Å²) in [7, 11) is 0. The van der Waals surface area contributed by atoms with Gasteiger partial charge >= 0.3 is 0 Å². The fraction of sp³-hybridized carbons (Fsp3) is 0.0800. The monoisotopic (exact) mass is 456 g/mol. The number of rotatable bonds is 7. The van der Waals surface area contributed by atoms with Gasteiger partial charge in [0.1, 0.15) is 0 Å². The van der Waals surface area contributed by atoms with Gasteiger partial charge in [0, 0.05) is 38.6 Å². The highest BCUT2D eigenvalue weighted by atomic mass is 32.2. The Hall–Kier alpha value is -3.42. The van der Waals surface area contributed by atoms with Gasteiger partial charge in [0.2, 0.25) is 5.91 Å². The lowest BCUT2D eigenvalue weighted by molar-refractivity contribution is -0.113. The van der Waals surface area contributed by atoms with Crippen molar-refractivity contribution in [1.29, 1.82) is 0 Å². The van der Waals surface area contributed by atoms with Crippen molar-refractivity contribution in [3.8, 4) is 11.4 Å². The average Bonchev–Trinajstić information content (AvgIpc) is 3.42. The lowest BCUT2D eigenvalue weighted by Gasteiger charge is -2.09. The Balaban J connectivity index is 1.36. The van der Waals surface area contributed by atoms with Gasteiger partial charge < -0.3 is 5.32 Å². The van der Waals surface area contributed by atoms with E-state index in [0.717, 1.165) is 33.2 Å². The predicted octanol–water partition coefficient (Wildman–Crippen LogP) is 6.23. The second-order valence-corrected chi connectivity index (χ2v) is 9.07. The third-order valence-corrected chi connectivity index (χ3v) is 7.08. The van der Waals surface area contributed by atoms with Crippen LogP contribution in [-0.4, -0.2) is 26.4 Å². The summed E-state index contributed by atoms with van der Waals surface area (Å²) in [5.41, 5.74) is 1.86. The van der Waals surface area contributed by atoms with Gasteiger partial charge in [-0.15, -0.1) is 28.1 Å². The first-order valence-corrected chi connectivity index (χ1v) is 12.0. The molecular formula is C25H20N4OS2. The Morgan fingerprint density at radius 1 is 1.03 bits per heavy atom. The normalized spacial score (nSPS) is 11.1. The summed E-state index contributed by atoms with van der Waals surface area (Å²) in [6.45, 7) is 4.45. The molecule has 5 aromatic rings. The van der Waals surface area contributed by atoms with E-state index in [1.54, 1.807) is 11.3 Å². The number of nitrogens with one attached hydrogen (secondary N) is 1. The molecule has 0 atom stereocenters. The fourth-order valence-corrected chi connectivity index (χ4v) is 5.38. The van der Waals surface area contributed by atoms with E-state index < -0.39 is 0 Å². The molecule has 0 saturated heterocycles. The summed E-state index contributed by atoms with van der Waals surface area (Å²) in [6, 6.07) is 22.2. The highest BCUT2D eigenvalue weighted by Crippen LogP contribution is 2.34. The number of amides is 1. The molecule has 7 heteroatoms. The van der Waals surface area contributed by atoms with E-state index in [1.165, 1.54) is 16.5 Å². The number of carbonyl (C=O) groups excluding carboxylic acids is 1. The zero-order chi connectivity index (χ0) is 21.9. The minimum absolute atomic E-state index is 0.0814. The number of hydrogen-bond acceptors (Lipinski definition) is 5. The molecule has 2 heterocycles. The van der Waals surface area contributed by atoms with Gasteiger partial charge in [0.25, 0.3) is 0 Å². The van der Waals surface area contributed by atoms with Crippen LogP contribution in [-0.2, 0) is 11.3 Å². The number of carbonyl (C=O) groups is 1. The standard InChI is InChI=1S/C25H20N4OS2/c1-2-14-29-24(20-15-31-22-13-6-5-11-19(20)22)27-28-25(29)32-16-23(30)26-21-12-7-9-17-8-3-4-10-18(17)21/h2-13,15H,1,14,16H2,(H,26,30). The maximum Gasteiger partial charge on any atom is 0.234 e. The van der Waals surface area contributed by atoms with Crippen LogP contribution in [0.2, 0.25) is 0 Å². The van der Waals surface area contributed by atoms with Gasteiger partial charge in [0.05, 0.1) is 5.75 Å². The number of nitrogens with zero attached hydrogens (tertiary/aromatic N) is 3. The summed E-state index contributed by atoms with van der Waals surface area (Å²) in [5.74, 6) is 0.949. The molecule has 0 aliphatic rings. The Kier molecular flexibility index (Phi) is 5.75. The molecule has 0 bridgehead atoms. The third kappa shape index (κ3) is 3.92. The molecule has 158 valence electrons. The van der Waals surface area contributed by atoms with E-state index in [-0.39, 0.29) is 11.7 Å². The number of benzene rings is 3. The van der Waals surface area contributed by atoms with E-state index in [0.29, 0.717) is 11.7 Å². The van der Waals surface area contributed by atoms with Gasteiger partial charge in [0.15, 0.2) is 11.0 Å². The molecule has 0 aliphatic carbocycles. The van der Waals surface area contributed by atoms with Crippen LogP contribution in [0.25, 0.3) is 32.2 Å². The highest BCUT2D eigenvalue weighted by molar-refractivity contribution is 7.99. The smallest absolute Gasteiger partial charge is 0.234 e. The number of allylic oxidation sites excluding steroid dienone is 1. The topological polar surface area (TPSA) is 59.8 Å². The molecule has 1 N–H and O–H groups in total. The molecule has 1 amide bonds. The molecule has 0 spiro atoms. The van der Waals surface area contributed by atoms with Crippen molar-refractivity contribution in [3.63, 3.8) is 0 Å². The summed E-state index contributed by atoms with van der Waals surface area (Å²) in [6.07, 6.45) is 1.82. The van der Waals surface area contributed by atoms with Crippen LogP contribution in [0.3, 0.4) is 0 Å². The molecule has 3 aromatic carbocycles. The van der Waals surface area contributed by atoms with Crippen LogP contribution in [0.5, 0.6) is 0 Å². The fourth-order valence-electron chi connectivity index (χ4n) is 3.69. The summed E-state index contributed by atoms with van der Waals surface area (Å²) >= 11 is 3.06. The van der Waals surface area contributed by atoms with Crippen LogP contribution < -0.4 is 5.32 Å². The van der Waals surface area contributed by atoms with Crippen LogP contribution >= 0.6 is 23.1 Å². The van der Waals surface area contributed by atoms with Crippen molar-refractivity contribution < 1.29 is 4.79 Å². The first-order valence-electron chi connectivity index (χ1n) is 10.2. The number of anilines is 1. The molecule has 0 aliphatic heterocycles. The SMILES string of the molecule is C=CCn1c(SCC(=O)Nc2cccc3ccccc23)nnc1-c1csc2ccccc12. The minimum Gasteiger partial charge on any atom is -0.325 e. The van der Waals surface area contributed by atoms with E-state index in [2.05, 4.69) is 39.6 Å². The lowest BCUT2D eigenvalue weighted by atomic mass is 10.1. The number of thiophene rings is 1. The zero-order valence-electron chi connectivity index (χ0n) is 17.2. The van der Waals surface area contributed by atoms with Crippen LogP contribution in [0.1, 0.15) is 0 Å². The van der Waals surface area contributed by atoms with E-state index in [4.69, 9.17) is 0 Å². The molecular weight excluding hydrogens is 436 g/mol. The van der Waals surface area contributed by atoms with Crippen molar-refractivity contribution in [1.82, 2.24) is 14.8 Å². The van der Waals surface area contributed by atoms with Crippen molar-refractivity contribution in [2.75, 3.05) is 11.1 Å². The minimum atomic E-state index is -0.0814. The molecule has 2 aromatic heterocycles. The van der Waals surface area contributed by atoms with Gasteiger partial charge in [-0.2, -0.15) is 0 Å². The summed E-state index contributed by atoms with van der Waals surface area (Å²) in [5, 5.41) is 17.9. The Labute approximate surface area is 193 Å². The van der Waals surface area contributed by atoms with E-state index >= 15 is 0 Å². The largest absolute Gasteiger partial charge is 0.325 e. The number of hydrogen-bond donors (Lipinski definition) is 1. The average molecular weight is 457 g/mol. The second-order valence-electron chi connectivity index (χ2n) is 7.21. The molecule has 0 radical (unpaired) electrons. The van der Waals surface area contributed by atoms with Crippen LogP contribution in [0.4, 0.5) is 5.69 Å². The lowest BCUT2D eigenvalue weighted by Crippen LogP contribution is -2.15. The maximum atomic E-state index is 12.7. The van der Waals surface area contributed by atoms with Crippen molar-refractivity contribution in [2.45, 2.75) is 11.7 Å². The number of fused-ring (bicyclic) bond motifs is 2. The first-order chi connectivity index (χ1) is 15.7. The number of aromatic nitrogens is 3.